The summed E-state index contributed by atoms with van der Waals surface area (Å²) in [6, 6.07) is 9.85. The third-order valence-electron chi connectivity index (χ3n) is 5.21. The summed E-state index contributed by atoms with van der Waals surface area (Å²) in [5.41, 5.74) is 0.444. The number of ether oxygens (including phenoxy) is 2. The number of hydrogen-bond donors (Lipinski definition) is 2. The van der Waals surface area contributed by atoms with Gasteiger partial charge in [-0.05, 0) is 48.6 Å². The lowest BCUT2D eigenvalue weighted by Gasteiger charge is -2.35. The number of sulfonamides is 1. The van der Waals surface area contributed by atoms with Gasteiger partial charge in [-0.3, -0.25) is 0 Å². The quantitative estimate of drug-likeness (QED) is 0.441. The van der Waals surface area contributed by atoms with Crippen LogP contribution in [0.25, 0.3) is 5.08 Å². The highest BCUT2D eigenvalue weighted by Crippen LogP contribution is 2.44. The molecule has 2 heterocycles. The molecule has 3 rings (SSSR count). The number of aliphatic hydroxyl groups is 1. The Kier molecular flexibility index (Phi) is 7.02. The van der Waals surface area contributed by atoms with Gasteiger partial charge in [-0.15, -0.1) is 0 Å². The number of diazo groups is 1. The molecule has 0 saturated carbocycles. The Labute approximate surface area is 192 Å². The van der Waals surface area contributed by atoms with Gasteiger partial charge in [0.2, 0.25) is 15.8 Å². The molecule has 1 aliphatic rings. The molecule has 0 radical (unpaired) electrons. The molecule has 174 valence electrons. The molecule has 0 bridgehead atoms. The van der Waals surface area contributed by atoms with Crippen LogP contribution in [-0.2, 0) is 31.6 Å². The van der Waals surface area contributed by atoms with Gasteiger partial charge >= 0.3 is 10.8 Å². The fourth-order valence-corrected chi connectivity index (χ4v) is 4.27. The molecule has 0 aliphatic carbocycles. The van der Waals surface area contributed by atoms with Crippen molar-refractivity contribution in [1.29, 1.82) is 5.39 Å². The molecule has 10 nitrogen and oxygen atoms in total. The van der Waals surface area contributed by atoms with Crippen LogP contribution in [0, 0.1) is 11.3 Å². The number of nitrogens with zero attached hydrogens (tertiary/aromatic N) is 4. The first kappa shape index (κ1) is 24.2. The van der Waals surface area contributed by atoms with Crippen molar-refractivity contribution < 1.29 is 23.0 Å². The van der Waals surface area contributed by atoms with Crippen molar-refractivity contribution in [3.05, 3.63) is 82.5 Å². The lowest BCUT2D eigenvalue weighted by Crippen LogP contribution is -2.48. The van der Waals surface area contributed by atoms with E-state index in [4.69, 9.17) is 14.6 Å². The van der Waals surface area contributed by atoms with E-state index in [2.05, 4.69) is 10.1 Å². The van der Waals surface area contributed by atoms with Crippen LogP contribution >= 0.6 is 0 Å². The second-order valence-corrected chi connectivity index (χ2v) is 9.33. The largest absolute Gasteiger partial charge is 0.494 e. The van der Waals surface area contributed by atoms with Gasteiger partial charge in [-0.2, -0.15) is 0 Å². The van der Waals surface area contributed by atoms with E-state index in [0.717, 1.165) is 16.1 Å². The van der Waals surface area contributed by atoms with E-state index in [1.54, 1.807) is 25.1 Å². The lowest BCUT2D eigenvalue weighted by molar-refractivity contribution is 0.000667. The highest BCUT2D eigenvalue weighted by atomic mass is 32.2. The topological polar surface area (TPSA) is 143 Å². The van der Waals surface area contributed by atoms with E-state index in [1.807, 2.05) is 19.1 Å². The first-order valence-corrected chi connectivity index (χ1v) is 11.7. The average molecular weight is 473 g/mol. The zero-order chi connectivity index (χ0) is 24.2. The van der Waals surface area contributed by atoms with Crippen molar-refractivity contribution >= 4 is 15.8 Å². The number of primary sulfonamides is 1. The molecular formula is C22H26N5O5S+. The van der Waals surface area contributed by atoms with Crippen LogP contribution < -0.4 is 10.1 Å². The van der Waals surface area contributed by atoms with Gasteiger partial charge in [0.25, 0.3) is 5.39 Å². The summed E-state index contributed by atoms with van der Waals surface area (Å²) in [4.78, 5) is 3.76. The highest BCUT2D eigenvalue weighted by molar-refractivity contribution is 7.89. The maximum Gasteiger partial charge on any atom is 0.341 e. The van der Waals surface area contributed by atoms with E-state index in [0.29, 0.717) is 12.0 Å². The van der Waals surface area contributed by atoms with Gasteiger partial charge in [0.1, 0.15) is 4.90 Å². The summed E-state index contributed by atoms with van der Waals surface area (Å²) in [5, 5.41) is 29.1. The molecule has 1 aromatic carbocycles. The Morgan fingerprint density at radius 3 is 2.61 bits per heavy atom. The van der Waals surface area contributed by atoms with Crippen molar-refractivity contribution in [3.63, 3.8) is 0 Å². The summed E-state index contributed by atoms with van der Waals surface area (Å²) >= 11 is 0. The SMILES string of the molecule is COC1=CC(C)=COC1(c1ccc(CC(C)CO)cc1)N([N+]#N)c1ncccc1S(N)(=O)=O. The van der Waals surface area contributed by atoms with E-state index in [-0.39, 0.29) is 29.0 Å². The zero-order valence-electron chi connectivity index (χ0n) is 18.5. The van der Waals surface area contributed by atoms with Gasteiger partial charge < -0.3 is 14.6 Å². The molecule has 0 spiro atoms. The van der Waals surface area contributed by atoms with Crippen LogP contribution in [-0.4, -0.2) is 32.2 Å². The number of nitrogens with two attached hydrogens (primary N) is 1. The highest BCUT2D eigenvalue weighted by Gasteiger charge is 2.57. The van der Waals surface area contributed by atoms with Crippen LogP contribution in [0.5, 0.6) is 0 Å². The predicted molar refractivity (Wildman–Crippen MR) is 121 cm³/mol. The smallest absolute Gasteiger partial charge is 0.341 e. The molecule has 2 unspecified atom stereocenters. The summed E-state index contributed by atoms with van der Waals surface area (Å²) in [6.45, 7) is 3.78. The third-order valence-corrected chi connectivity index (χ3v) is 6.15. The number of pyridine rings is 1. The standard InChI is InChI=1S/C22H26N5O5S/c1-15(13-28)11-17-6-8-18(9-7-17)22(20(31-3)12-16(2)14-32-22)27(26-23)21-19(33(24,29)30)5-4-10-25-21/h4-10,12,14-15,28H,11,13H2,1-3H3,(H2,24,29,30)/q+1. The van der Waals surface area contributed by atoms with Crippen LogP contribution in [0.15, 0.2) is 71.2 Å². The molecule has 0 saturated heterocycles. The molecule has 0 amide bonds. The number of aliphatic hydroxyl groups excluding tert-OH is 1. The minimum atomic E-state index is -4.22. The number of hydrogen-bond acceptors (Lipinski definition) is 8. The Morgan fingerprint density at radius 2 is 2.03 bits per heavy atom. The second-order valence-electron chi connectivity index (χ2n) is 7.80. The van der Waals surface area contributed by atoms with Crippen LogP contribution in [0.1, 0.15) is 25.0 Å². The third kappa shape index (κ3) is 4.68. The van der Waals surface area contributed by atoms with Crippen LogP contribution in [0.3, 0.4) is 0 Å². The number of methoxy groups -OCH3 is 1. The molecule has 0 fully saturated rings. The zero-order valence-corrected chi connectivity index (χ0v) is 19.4. The number of benzene rings is 1. The van der Waals surface area contributed by atoms with Crippen molar-refractivity contribution in [3.8, 4) is 0 Å². The molecule has 33 heavy (non-hydrogen) atoms. The molecular weight excluding hydrogens is 446 g/mol. The first-order chi connectivity index (χ1) is 15.7. The van der Waals surface area contributed by atoms with Gasteiger partial charge in [0, 0.05) is 18.4 Å². The molecule has 11 heteroatoms. The fourth-order valence-electron chi connectivity index (χ4n) is 3.61. The Hall–Kier alpha value is -3.46. The van der Waals surface area contributed by atoms with E-state index >= 15 is 0 Å². The van der Waals surface area contributed by atoms with Crippen LogP contribution in [0.4, 0.5) is 5.82 Å². The number of anilines is 1. The van der Waals surface area contributed by atoms with Crippen molar-refractivity contribution in [2.45, 2.75) is 30.9 Å². The Morgan fingerprint density at radius 1 is 1.33 bits per heavy atom. The molecule has 3 N–H and O–H groups in total. The number of allylic oxidation sites excluding steroid dienone is 2. The Bertz CT molecular complexity index is 1220. The minimum Gasteiger partial charge on any atom is -0.494 e. The van der Waals surface area contributed by atoms with Crippen molar-refractivity contribution in [2.24, 2.45) is 11.1 Å². The number of aromatic nitrogens is 1. The molecule has 2 atom stereocenters. The minimum absolute atomic E-state index is 0.0582. The van der Waals surface area contributed by atoms with E-state index in [1.165, 1.54) is 31.7 Å². The van der Waals surface area contributed by atoms with Gasteiger partial charge in [0.05, 0.1) is 18.4 Å². The van der Waals surface area contributed by atoms with Crippen molar-refractivity contribution in [2.75, 3.05) is 18.7 Å². The average Bonchev–Trinajstić information content (AvgIpc) is 2.80. The lowest BCUT2D eigenvalue weighted by atomic mass is 9.93. The van der Waals surface area contributed by atoms with Gasteiger partial charge in [-0.1, -0.05) is 31.2 Å². The fraction of sp³-hybridized carbons (Fsp3) is 0.318. The maximum absolute atomic E-state index is 12.2. The second kappa shape index (κ2) is 9.58. The van der Waals surface area contributed by atoms with Crippen LogP contribution in [0.2, 0.25) is 0 Å². The molecule has 2 aromatic rings. The predicted octanol–water partition coefficient (Wildman–Crippen LogP) is 2.79. The van der Waals surface area contributed by atoms with Crippen molar-refractivity contribution in [1.82, 2.24) is 4.98 Å². The number of rotatable bonds is 8. The van der Waals surface area contributed by atoms with E-state index < -0.39 is 15.7 Å². The summed E-state index contributed by atoms with van der Waals surface area (Å²) in [5.74, 6) is 0.0460. The normalized spacial score (nSPS) is 18.9. The van der Waals surface area contributed by atoms with E-state index in [9.17, 15) is 18.9 Å². The monoisotopic (exact) mass is 472 g/mol. The molecule has 1 aromatic heterocycles. The summed E-state index contributed by atoms with van der Waals surface area (Å²) in [7, 11) is -2.80. The Balaban J connectivity index is 2.24. The molecule has 1 aliphatic heterocycles. The maximum atomic E-state index is 12.2. The summed E-state index contributed by atoms with van der Waals surface area (Å²) in [6.07, 6.45) is 5.13. The summed E-state index contributed by atoms with van der Waals surface area (Å²) < 4.78 is 36.2. The first-order valence-electron chi connectivity index (χ1n) is 10.1. The van der Waals surface area contributed by atoms with Gasteiger partial charge in [-0.25, -0.2) is 18.5 Å². The van der Waals surface area contributed by atoms with Gasteiger partial charge in [0.15, 0.2) is 5.76 Å².